The molecule has 3 nitrogen and oxygen atoms in total. The molecule has 0 N–H and O–H groups in total. The van der Waals surface area contributed by atoms with Gasteiger partial charge in [-0.25, -0.2) is 4.79 Å². The van der Waals surface area contributed by atoms with Crippen molar-refractivity contribution in [2.75, 3.05) is 6.61 Å². The Morgan fingerprint density at radius 1 is 1.21 bits per heavy atom. The summed E-state index contributed by atoms with van der Waals surface area (Å²) < 4.78 is 4.73. The van der Waals surface area contributed by atoms with E-state index in [4.69, 9.17) is 4.74 Å². The number of hydrogen-bond donors (Lipinski definition) is 0. The third kappa shape index (κ3) is 4.80. The molecule has 0 aromatic heterocycles. The highest BCUT2D eigenvalue weighted by Gasteiger charge is 2.08. The Hall–Kier alpha value is -1.12. The van der Waals surface area contributed by atoms with Crippen LogP contribution >= 0.6 is 0 Å². The highest BCUT2D eigenvalue weighted by atomic mass is 16.5. The second-order valence-electron chi connectivity index (χ2n) is 2.95. The highest BCUT2D eigenvalue weighted by Crippen LogP contribution is 2.07. The standard InChI is InChI=1S/C11H18O3/c1-4-7-10(12)9(5-2)8-11(13)14-6-3/h8H,4-7H2,1-3H3/b9-8+. The van der Waals surface area contributed by atoms with Crippen LogP contribution in [0.3, 0.4) is 0 Å². The first kappa shape index (κ1) is 12.9. The molecule has 0 bridgehead atoms. The summed E-state index contributed by atoms with van der Waals surface area (Å²) in [4.78, 5) is 22.5. The van der Waals surface area contributed by atoms with E-state index in [1.54, 1.807) is 6.92 Å². The van der Waals surface area contributed by atoms with Gasteiger partial charge in [-0.15, -0.1) is 0 Å². The summed E-state index contributed by atoms with van der Waals surface area (Å²) in [5, 5.41) is 0. The Bertz CT molecular complexity index is 229. The fourth-order valence-corrected chi connectivity index (χ4v) is 1.09. The van der Waals surface area contributed by atoms with Gasteiger partial charge in [-0.3, -0.25) is 4.79 Å². The van der Waals surface area contributed by atoms with Crippen molar-refractivity contribution in [2.45, 2.75) is 40.0 Å². The highest BCUT2D eigenvalue weighted by molar-refractivity contribution is 6.00. The fraction of sp³-hybridized carbons (Fsp3) is 0.636. The molecule has 0 aliphatic rings. The van der Waals surface area contributed by atoms with E-state index in [9.17, 15) is 9.59 Å². The van der Waals surface area contributed by atoms with Gasteiger partial charge in [0.25, 0.3) is 0 Å². The molecule has 0 amide bonds. The van der Waals surface area contributed by atoms with Crippen LogP contribution in [-0.4, -0.2) is 18.4 Å². The molecule has 80 valence electrons. The van der Waals surface area contributed by atoms with Crippen molar-refractivity contribution in [1.82, 2.24) is 0 Å². The molecular weight excluding hydrogens is 180 g/mol. The maximum absolute atomic E-state index is 11.4. The van der Waals surface area contributed by atoms with Crippen molar-refractivity contribution in [3.63, 3.8) is 0 Å². The molecule has 0 atom stereocenters. The summed E-state index contributed by atoms with van der Waals surface area (Å²) >= 11 is 0. The molecule has 0 rings (SSSR count). The topological polar surface area (TPSA) is 43.4 Å². The Morgan fingerprint density at radius 2 is 1.86 bits per heavy atom. The molecule has 0 aromatic rings. The van der Waals surface area contributed by atoms with E-state index in [-0.39, 0.29) is 5.78 Å². The van der Waals surface area contributed by atoms with Crippen LogP contribution in [0.25, 0.3) is 0 Å². The number of carbonyl (C=O) groups excluding carboxylic acids is 2. The molecule has 0 saturated carbocycles. The predicted molar refractivity (Wildman–Crippen MR) is 54.9 cm³/mol. The SMILES string of the molecule is CCCC(=O)/C(=C/C(=O)OCC)CC. The van der Waals surface area contributed by atoms with Crippen LogP contribution in [-0.2, 0) is 14.3 Å². The average Bonchev–Trinajstić information content (AvgIpc) is 2.15. The zero-order valence-corrected chi connectivity index (χ0v) is 9.13. The minimum atomic E-state index is -0.422. The third-order valence-electron chi connectivity index (χ3n) is 1.79. The lowest BCUT2D eigenvalue weighted by Gasteiger charge is -2.02. The molecule has 0 spiro atoms. The summed E-state index contributed by atoms with van der Waals surface area (Å²) in [6.07, 6.45) is 3.19. The number of hydrogen-bond acceptors (Lipinski definition) is 3. The largest absolute Gasteiger partial charge is 0.463 e. The van der Waals surface area contributed by atoms with E-state index in [1.165, 1.54) is 6.08 Å². The minimum Gasteiger partial charge on any atom is -0.463 e. The molecule has 0 aromatic carbocycles. The van der Waals surface area contributed by atoms with Crippen LogP contribution in [0, 0.1) is 0 Å². The van der Waals surface area contributed by atoms with Crippen molar-refractivity contribution >= 4 is 11.8 Å². The smallest absolute Gasteiger partial charge is 0.331 e. The van der Waals surface area contributed by atoms with Crippen LogP contribution in [0.15, 0.2) is 11.6 Å². The number of allylic oxidation sites excluding steroid dienone is 1. The van der Waals surface area contributed by atoms with Crippen molar-refractivity contribution in [2.24, 2.45) is 0 Å². The van der Waals surface area contributed by atoms with Gasteiger partial charge < -0.3 is 4.74 Å². The molecule has 0 unspecified atom stereocenters. The van der Waals surface area contributed by atoms with E-state index in [1.807, 2.05) is 13.8 Å². The second-order valence-corrected chi connectivity index (χ2v) is 2.95. The van der Waals surface area contributed by atoms with Gasteiger partial charge in [-0.2, -0.15) is 0 Å². The zero-order chi connectivity index (χ0) is 11.0. The average molecular weight is 198 g/mol. The van der Waals surface area contributed by atoms with Gasteiger partial charge >= 0.3 is 5.97 Å². The third-order valence-corrected chi connectivity index (χ3v) is 1.79. The number of Topliss-reactive ketones (excluding diaryl/α,β-unsaturated/α-hetero) is 1. The summed E-state index contributed by atoms with van der Waals surface area (Å²) in [7, 11) is 0. The number of esters is 1. The predicted octanol–water partition coefficient (Wildman–Crippen LogP) is 2.26. The maximum atomic E-state index is 11.4. The van der Waals surface area contributed by atoms with E-state index < -0.39 is 5.97 Å². The number of carbonyl (C=O) groups is 2. The Morgan fingerprint density at radius 3 is 2.29 bits per heavy atom. The van der Waals surface area contributed by atoms with Crippen LogP contribution < -0.4 is 0 Å². The number of rotatable bonds is 6. The molecule has 0 aliphatic carbocycles. The van der Waals surface area contributed by atoms with Gasteiger partial charge in [0.2, 0.25) is 0 Å². The molecule has 0 heterocycles. The lowest BCUT2D eigenvalue weighted by Crippen LogP contribution is -2.07. The van der Waals surface area contributed by atoms with E-state index in [2.05, 4.69) is 0 Å². The molecule has 3 heteroatoms. The summed E-state index contributed by atoms with van der Waals surface area (Å²) in [5.74, 6) is -0.378. The normalized spacial score (nSPS) is 11.2. The van der Waals surface area contributed by atoms with Crippen molar-refractivity contribution in [3.8, 4) is 0 Å². The second kappa shape index (κ2) is 7.30. The Labute approximate surface area is 85.1 Å². The summed E-state index contributed by atoms with van der Waals surface area (Å²) in [6.45, 7) is 5.88. The van der Waals surface area contributed by atoms with Gasteiger partial charge in [0.05, 0.1) is 6.61 Å². The Balaban J connectivity index is 4.38. The van der Waals surface area contributed by atoms with Crippen molar-refractivity contribution in [1.29, 1.82) is 0 Å². The molecule has 0 saturated heterocycles. The quantitative estimate of drug-likeness (QED) is 0.485. The molecule has 0 aliphatic heterocycles. The minimum absolute atomic E-state index is 0.0445. The Kier molecular flexibility index (Phi) is 6.72. The van der Waals surface area contributed by atoms with Crippen LogP contribution in [0.4, 0.5) is 0 Å². The summed E-state index contributed by atoms with van der Waals surface area (Å²) in [5.41, 5.74) is 0.560. The first-order chi connectivity index (χ1) is 6.65. The van der Waals surface area contributed by atoms with E-state index >= 15 is 0 Å². The fourth-order valence-electron chi connectivity index (χ4n) is 1.09. The summed E-state index contributed by atoms with van der Waals surface area (Å²) in [6, 6.07) is 0. The van der Waals surface area contributed by atoms with E-state index in [0.29, 0.717) is 25.0 Å². The van der Waals surface area contributed by atoms with Crippen LogP contribution in [0.2, 0.25) is 0 Å². The van der Waals surface area contributed by atoms with Crippen molar-refractivity contribution < 1.29 is 14.3 Å². The molecule has 14 heavy (non-hydrogen) atoms. The van der Waals surface area contributed by atoms with E-state index in [0.717, 1.165) is 6.42 Å². The van der Waals surface area contributed by atoms with Gasteiger partial charge in [0.1, 0.15) is 0 Å². The number of ether oxygens (including phenoxy) is 1. The first-order valence-electron chi connectivity index (χ1n) is 5.06. The molecular formula is C11H18O3. The lowest BCUT2D eigenvalue weighted by molar-refractivity contribution is -0.137. The van der Waals surface area contributed by atoms with Gasteiger partial charge in [0.15, 0.2) is 5.78 Å². The van der Waals surface area contributed by atoms with Crippen LogP contribution in [0.1, 0.15) is 40.0 Å². The van der Waals surface area contributed by atoms with Gasteiger partial charge in [-0.1, -0.05) is 13.8 Å². The zero-order valence-electron chi connectivity index (χ0n) is 9.13. The number of ketones is 1. The first-order valence-corrected chi connectivity index (χ1v) is 5.06. The molecule has 0 radical (unpaired) electrons. The van der Waals surface area contributed by atoms with Gasteiger partial charge in [0, 0.05) is 18.1 Å². The van der Waals surface area contributed by atoms with Crippen LogP contribution in [0.5, 0.6) is 0 Å². The maximum Gasteiger partial charge on any atom is 0.331 e. The molecule has 0 fully saturated rings. The lowest BCUT2D eigenvalue weighted by atomic mass is 10.0. The monoisotopic (exact) mass is 198 g/mol. The van der Waals surface area contributed by atoms with Gasteiger partial charge in [-0.05, 0) is 19.8 Å². The van der Waals surface area contributed by atoms with Crippen molar-refractivity contribution in [3.05, 3.63) is 11.6 Å².